The summed E-state index contributed by atoms with van der Waals surface area (Å²) in [6, 6.07) is 13.8. The van der Waals surface area contributed by atoms with E-state index >= 15 is 0 Å². The van der Waals surface area contributed by atoms with Crippen LogP contribution >= 0.6 is 11.3 Å². The van der Waals surface area contributed by atoms with Crippen LogP contribution in [0.1, 0.15) is 37.6 Å². The molecule has 3 heterocycles. The molecule has 5 rings (SSSR count). The van der Waals surface area contributed by atoms with Gasteiger partial charge >= 0.3 is 5.97 Å². The van der Waals surface area contributed by atoms with E-state index in [0.29, 0.717) is 55.8 Å². The number of ether oxygens (including phenoxy) is 4. The van der Waals surface area contributed by atoms with Crippen LogP contribution in [0.5, 0.6) is 11.5 Å². The van der Waals surface area contributed by atoms with Crippen LogP contribution in [0.2, 0.25) is 0 Å². The van der Waals surface area contributed by atoms with Crippen LogP contribution in [0, 0.1) is 10.1 Å². The van der Waals surface area contributed by atoms with E-state index in [2.05, 4.69) is 4.99 Å². The number of rotatable bonds is 12. The number of non-ortho nitro benzene ring substituents is 1. The molecule has 0 fully saturated rings. The van der Waals surface area contributed by atoms with E-state index in [1.807, 2.05) is 6.92 Å². The SMILES string of the molecule is CCCOc1c(OC)cccc1[C@@H]1C(C(=O)OCCOC)=C(C)N=c2s/c(=C/c3ccc(-c4ccc([N+](=O)[O-])cc4)o3)c(=O)n21. The Morgan fingerprint density at radius 2 is 1.89 bits per heavy atom. The predicted molar refractivity (Wildman–Crippen MR) is 166 cm³/mol. The molecule has 4 aromatic rings. The minimum atomic E-state index is -0.923. The lowest BCUT2D eigenvalue weighted by molar-refractivity contribution is -0.384. The number of hydrogen-bond donors (Lipinski definition) is 0. The predicted octanol–water partition coefficient (Wildman–Crippen LogP) is 4.39. The van der Waals surface area contributed by atoms with Crippen LogP contribution in [0.15, 0.2) is 80.1 Å². The fraction of sp³-hybridized carbons (Fsp3) is 0.281. The minimum Gasteiger partial charge on any atom is -0.493 e. The van der Waals surface area contributed by atoms with E-state index < -0.39 is 22.5 Å². The Bertz CT molecular complexity index is 1940. The van der Waals surface area contributed by atoms with Crippen molar-refractivity contribution in [1.29, 1.82) is 0 Å². The Balaban J connectivity index is 1.63. The first kappa shape index (κ1) is 31.4. The van der Waals surface area contributed by atoms with Crippen LogP contribution < -0.4 is 24.4 Å². The van der Waals surface area contributed by atoms with Gasteiger partial charge in [-0.2, -0.15) is 0 Å². The fourth-order valence-electron chi connectivity index (χ4n) is 4.90. The largest absolute Gasteiger partial charge is 0.493 e. The molecule has 1 aliphatic rings. The number of hydrogen-bond acceptors (Lipinski definition) is 11. The molecule has 0 spiro atoms. The first-order valence-corrected chi connectivity index (χ1v) is 14.9. The van der Waals surface area contributed by atoms with Gasteiger partial charge in [0.25, 0.3) is 11.2 Å². The number of allylic oxidation sites excluding steroid dienone is 1. The number of furan rings is 1. The minimum absolute atomic E-state index is 0.0240. The molecule has 1 atom stereocenters. The summed E-state index contributed by atoms with van der Waals surface area (Å²) in [5.41, 5.74) is 1.36. The highest BCUT2D eigenvalue weighted by atomic mass is 32.1. The molecule has 0 N–H and O–H groups in total. The lowest BCUT2D eigenvalue weighted by Gasteiger charge is -2.27. The van der Waals surface area contributed by atoms with Crippen LogP contribution in [0.4, 0.5) is 5.69 Å². The summed E-state index contributed by atoms with van der Waals surface area (Å²) in [6.45, 7) is 4.30. The summed E-state index contributed by atoms with van der Waals surface area (Å²) in [5.74, 6) is 1.12. The molecular weight excluding hydrogens is 602 g/mol. The summed E-state index contributed by atoms with van der Waals surface area (Å²) in [4.78, 5) is 43.2. The summed E-state index contributed by atoms with van der Waals surface area (Å²) in [6.07, 6.45) is 2.33. The third kappa shape index (κ3) is 6.44. The maximum atomic E-state index is 14.1. The number of thiazole rings is 1. The average molecular weight is 634 g/mol. The highest BCUT2D eigenvalue weighted by Gasteiger charge is 2.36. The first-order valence-electron chi connectivity index (χ1n) is 14.1. The fourth-order valence-corrected chi connectivity index (χ4v) is 5.93. The highest BCUT2D eigenvalue weighted by Crippen LogP contribution is 2.41. The monoisotopic (exact) mass is 633 g/mol. The maximum Gasteiger partial charge on any atom is 0.338 e. The molecule has 0 bridgehead atoms. The Labute approximate surface area is 261 Å². The summed E-state index contributed by atoms with van der Waals surface area (Å²) >= 11 is 1.15. The zero-order valence-electron chi connectivity index (χ0n) is 25.1. The molecule has 45 heavy (non-hydrogen) atoms. The van der Waals surface area contributed by atoms with E-state index in [1.54, 1.807) is 55.5 Å². The van der Waals surface area contributed by atoms with Gasteiger partial charge in [0.15, 0.2) is 16.3 Å². The highest BCUT2D eigenvalue weighted by molar-refractivity contribution is 7.07. The normalized spacial score (nSPS) is 14.6. The van der Waals surface area contributed by atoms with Gasteiger partial charge in [-0.05, 0) is 43.7 Å². The van der Waals surface area contributed by atoms with Crippen molar-refractivity contribution in [2.75, 3.05) is 34.0 Å². The molecule has 234 valence electrons. The molecule has 1 aliphatic heterocycles. The van der Waals surface area contributed by atoms with Gasteiger partial charge < -0.3 is 23.4 Å². The molecule has 0 aliphatic carbocycles. The number of nitrogens with zero attached hydrogens (tertiary/aromatic N) is 3. The van der Waals surface area contributed by atoms with E-state index in [9.17, 15) is 19.7 Å². The van der Waals surface area contributed by atoms with Crippen molar-refractivity contribution >= 4 is 29.1 Å². The average Bonchev–Trinajstić information content (AvgIpc) is 3.63. The van der Waals surface area contributed by atoms with Gasteiger partial charge in [-0.15, -0.1) is 0 Å². The molecule has 13 heteroatoms. The lowest BCUT2D eigenvalue weighted by Crippen LogP contribution is -2.40. The summed E-state index contributed by atoms with van der Waals surface area (Å²) in [7, 11) is 3.03. The number of carbonyl (C=O) groups excluding carboxylic acids is 1. The number of aromatic nitrogens is 1. The van der Waals surface area contributed by atoms with Crippen molar-refractivity contribution in [3.63, 3.8) is 0 Å². The maximum absolute atomic E-state index is 14.1. The Kier molecular flexibility index (Phi) is 9.59. The van der Waals surface area contributed by atoms with Crippen molar-refractivity contribution in [2.24, 2.45) is 4.99 Å². The number of para-hydroxylation sites is 1. The third-order valence-corrected chi connectivity index (χ3v) is 7.98. The summed E-state index contributed by atoms with van der Waals surface area (Å²) < 4.78 is 30.0. The van der Waals surface area contributed by atoms with E-state index in [4.69, 9.17) is 23.4 Å². The van der Waals surface area contributed by atoms with Crippen molar-refractivity contribution in [2.45, 2.75) is 26.3 Å². The Hall–Kier alpha value is -5.01. The Morgan fingerprint density at radius 3 is 2.58 bits per heavy atom. The van der Waals surface area contributed by atoms with Gasteiger partial charge in [0.05, 0.1) is 41.0 Å². The van der Waals surface area contributed by atoms with E-state index in [-0.39, 0.29) is 24.5 Å². The molecule has 0 amide bonds. The number of methoxy groups -OCH3 is 2. The first-order chi connectivity index (χ1) is 21.8. The quantitative estimate of drug-likeness (QED) is 0.0960. The summed E-state index contributed by atoms with van der Waals surface area (Å²) in [5, 5.41) is 11.0. The molecule has 0 saturated carbocycles. The number of esters is 1. The van der Waals surface area contributed by atoms with Crippen molar-refractivity contribution in [1.82, 2.24) is 4.57 Å². The van der Waals surface area contributed by atoms with E-state index in [1.165, 1.54) is 30.9 Å². The van der Waals surface area contributed by atoms with Crippen molar-refractivity contribution < 1.29 is 33.1 Å². The molecule has 2 aromatic carbocycles. The topological polar surface area (TPSA) is 145 Å². The number of carbonyl (C=O) groups is 1. The van der Waals surface area contributed by atoms with Gasteiger partial charge in [0.2, 0.25) is 0 Å². The lowest BCUT2D eigenvalue weighted by atomic mass is 9.94. The number of nitro benzene ring substituents is 1. The molecule has 0 unspecified atom stereocenters. The third-order valence-electron chi connectivity index (χ3n) is 7.00. The molecule has 12 nitrogen and oxygen atoms in total. The van der Waals surface area contributed by atoms with Crippen molar-refractivity contribution in [3.05, 3.63) is 107 Å². The molecule has 2 aromatic heterocycles. The molecular formula is C32H31N3O9S. The van der Waals surface area contributed by atoms with Crippen LogP contribution in [0.3, 0.4) is 0 Å². The zero-order valence-corrected chi connectivity index (χ0v) is 25.9. The number of nitro groups is 1. The molecule has 0 saturated heterocycles. The van der Waals surface area contributed by atoms with Gasteiger partial charge in [0.1, 0.15) is 24.2 Å². The van der Waals surface area contributed by atoms with Gasteiger partial charge in [-0.3, -0.25) is 19.5 Å². The van der Waals surface area contributed by atoms with E-state index in [0.717, 1.165) is 17.8 Å². The smallest absolute Gasteiger partial charge is 0.338 e. The number of benzene rings is 2. The second-order valence-corrected chi connectivity index (χ2v) is 11.0. The second-order valence-electron chi connectivity index (χ2n) is 9.94. The Morgan fingerprint density at radius 1 is 1.11 bits per heavy atom. The van der Waals surface area contributed by atoms with Gasteiger partial charge in [0, 0.05) is 36.4 Å². The second kappa shape index (κ2) is 13.7. The van der Waals surface area contributed by atoms with Crippen LogP contribution in [0.25, 0.3) is 17.4 Å². The van der Waals surface area contributed by atoms with Gasteiger partial charge in [-0.25, -0.2) is 9.79 Å². The zero-order chi connectivity index (χ0) is 32.1. The van der Waals surface area contributed by atoms with Crippen LogP contribution in [-0.2, 0) is 14.3 Å². The van der Waals surface area contributed by atoms with Gasteiger partial charge in [-0.1, -0.05) is 30.4 Å². The van der Waals surface area contributed by atoms with Crippen molar-refractivity contribution in [3.8, 4) is 22.8 Å². The molecule has 0 radical (unpaired) electrons. The van der Waals surface area contributed by atoms with Crippen LogP contribution in [-0.4, -0.2) is 49.5 Å². The standard InChI is InChI=1S/C32H31N3O9S/c1-5-15-42-29-23(7-6-8-25(29)41-4)28-27(31(37)43-17-16-40-3)19(2)33-32-34(28)30(36)26(45-32)18-22-13-14-24(44-22)20-9-11-21(12-10-20)35(38)39/h6-14,18,28H,5,15-17H2,1-4H3/b26-18+/t28-/m1/s1. The number of fused-ring (bicyclic) bond motifs is 1.